The van der Waals surface area contributed by atoms with Gasteiger partial charge in [0.05, 0.1) is 12.2 Å². The number of hydrogen-bond donors (Lipinski definition) is 3. The molecular formula is C23H40O5. The quantitative estimate of drug-likeness (QED) is 0.452. The van der Waals surface area contributed by atoms with Crippen molar-refractivity contribution in [2.45, 2.75) is 91.3 Å². The van der Waals surface area contributed by atoms with Crippen molar-refractivity contribution in [2.75, 3.05) is 13.2 Å². The molecule has 0 heterocycles. The molecule has 0 aromatic heterocycles. The zero-order chi connectivity index (χ0) is 21.2. The first kappa shape index (κ1) is 23.4. The molecule has 0 radical (unpaired) electrons. The number of esters is 1. The Kier molecular flexibility index (Phi) is 7.38. The molecule has 3 N–H and O–H groups in total. The second kappa shape index (κ2) is 8.85. The van der Waals surface area contributed by atoms with Crippen LogP contribution in [0.5, 0.6) is 0 Å². The van der Waals surface area contributed by atoms with E-state index in [2.05, 4.69) is 20.8 Å². The lowest BCUT2D eigenvalue weighted by atomic mass is 9.45. The number of carbonyl (C=O) groups is 1. The normalized spacial score (nSPS) is 36.5. The third-order valence-corrected chi connectivity index (χ3v) is 7.58. The number of hydrogen-bond acceptors (Lipinski definition) is 5. The molecule has 0 aromatic rings. The summed E-state index contributed by atoms with van der Waals surface area (Å²) in [6.45, 7) is 10.4. The fourth-order valence-corrected chi connectivity index (χ4v) is 6.18. The Balaban J connectivity index is 2.05. The highest BCUT2D eigenvalue weighted by Gasteiger charge is 2.57. The van der Waals surface area contributed by atoms with Crippen LogP contribution in [0.1, 0.15) is 79.6 Å². The van der Waals surface area contributed by atoms with Crippen LogP contribution in [0.3, 0.4) is 0 Å². The highest BCUT2D eigenvalue weighted by Crippen LogP contribution is 2.62. The van der Waals surface area contributed by atoms with Crippen molar-refractivity contribution in [3.05, 3.63) is 11.6 Å². The molecule has 5 nitrogen and oxygen atoms in total. The van der Waals surface area contributed by atoms with Crippen molar-refractivity contribution >= 4 is 5.97 Å². The van der Waals surface area contributed by atoms with E-state index in [1.807, 2.05) is 13.8 Å². The van der Waals surface area contributed by atoms with Gasteiger partial charge in [-0.05, 0) is 75.0 Å². The molecule has 28 heavy (non-hydrogen) atoms. The Hall–Kier alpha value is -0.910. The van der Waals surface area contributed by atoms with Crippen LogP contribution >= 0.6 is 0 Å². The predicted molar refractivity (Wildman–Crippen MR) is 110 cm³/mol. The SMILES string of the molecule is CC(=CC(=O)OCC(O)CO)CCC1C(C)(O)CCC2C(C)(C)CCCC21C. The molecule has 2 aliphatic carbocycles. The first-order valence-corrected chi connectivity index (χ1v) is 10.8. The number of aliphatic hydroxyl groups is 3. The lowest BCUT2D eigenvalue weighted by Crippen LogP contribution is -2.57. The van der Waals surface area contributed by atoms with E-state index in [-0.39, 0.29) is 17.9 Å². The van der Waals surface area contributed by atoms with Crippen LogP contribution in [0.25, 0.3) is 0 Å². The standard InChI is InChI=1S/C23H40O5/c1-16(13-20(26)28-15-17(25)14-24)7-8-19-22(4)11-6-10-21(2,3)18(22)9-12-23(19,5)27/h13,17-19,24-25,27H,6-12,14-15H2,1-5H3. The summed E-state index contributed by atoms with van der Waals surface area (Å²) in [6.07, 6.45) is 7.56. The molecule has 0 bridgehead atoms. The zero-order valence-electron chi connectivity index (χ0n) is 18.3. The van der Waals surface area contributed by atoms with E-state index in [9.17, 15) is 15.0 Å². The summed E-state index contributed by atoms with van der Waals surface area (Å²) < 4.78 is 4.96. The van der Waals surface area contributed by atoms with Gasteiger partial charge in [-0.3, -0.25) is 0 Å². The maximum Gasteiger partial charge on any atom is 0.330 e. The minimum Gasteiger partial charge on any atom is -0.460 e. The molecule has 162 valence electrons. The molecule has 5 atom stereocenters. The smallest absolute Gasteiger partial charge is 0.330 e. The van der Waals surface area contributed by atoms with E-state index in [0.29, 0.717) is 11.3 Å². The van der Waals surface area contributed by atoms with E-state index in [1.165, 1.54) is 18.9 Å². The number of ether oxygens (including phenoxy) is 1. The van der Waals surface area contributed by atoms with Crippen molar-refractivity contribution in [3.8, 4) is 0 Å². The van der Waals surface area contributed by atoms with Crippen LogP contribution in [0.4, 0.5) is 0 Å². The van der Waals surface area contributed by atoms with Gasteiger partial charge in [0.15, 0.2) is 0 Å². The summed E-state index contributed by atoms with van der Waals surface area (Å²) in [5, 5.41) is 29.3. The molecule has 5 unspecified atom stereocenters. The molecule has 2 aliphatic rings. The van der Waals surface area contributed by atoms with E-state index < -0.39 is 24.3 Å². The summed E-state index contributed by atoms with van der Waals surface area (Å²) in [4.78, 5) is 11.9. The van der Waals surface area contributed by atoms with Gasteiger partial charge >= 0.3 is 5.97 Å². The minimum atomic E-state index is -1.04. The number of fused-ring (bicyclic) bond motifs is 1. The van der Waals surface area contributed by atoms with E-state index in [1.54, 1.807) is 0 Å². The zero-order valence-corrected chi connectivity index (χ0v) is 18.3. The molecule has 2 rings (SSSR count). The average molecular weight is 397 g/mol. The minimum absolute atomic E-state index is 0.121. The first-order chi connectivity index (χ1) is 12.9. The van der Waals surface area contributed by atoms with Gasteiger partial charge in [0.25, 0.3) is 0 Å². The van der Waals surface area contributed by atoms with Crippen molar-refractivity contribution in [1.29, 1.82) is 0 Å². The van der Waals surface area contributed by atoms with Crippen LogP contribution in [-0.2, 0) is 9.53 Å². The van der Waals surface area contributed by atoms with Crippen molar-refractivity contribution in [2.24, 2.45) is 22.7 Å². The highest BCUT2D eigenvalue weighted by molar-refractivity contribution is 5.82. The van der Waals surface area contributed by atoms with Gasteiger partial charge in [0.1, 0.15) is 12.7 Å². The molecule has 5 heteroatoms. The van der Waals surface area contributed by atoms with Crippen LogP contribution < -0.4 is 0 Å². The molecule has 0 spiro atoms. The van der Waals surface area contributed by atoms with Gasteiger partial charge in [-0.1, -0.05) is 32.8 Å². The predicted octanol–water partition coefficient (Wildman–Crippen LogP) is 3.60. The summed E-state index contributed by atoms with van der Waals surface area (Å²) in [5.41, 5.74) is 0.671. The van der Waals surface area contributed by atoms with Crippen molar-refractivity contribution in [1.82, 2.24) is 0 Å². The monoisotopic (exact) mass is 396 g/mol. The fraction of sp³-hybridized carbons (Fsp3) is 0.870. The number of carbonyl (C=O) groups excluding carboxylic acids is 1. The van der Waals surface area contributed by atoms with Crippen LogP contribution in [0.15, 0.2) is 11.6 Å². The maximum atomic E-state index is 11.9. The maximum absolute atomic E-state index is 11.9. The van der Waals surface area contributed by atoms with Gasteiger partial charge in [0, 0.05) is 6.08 Å². The Morgan fingerprint density at radius 2 is 1.89 bits per heavy atom. The first-order valence-electron chi connectivity index (χ1n) is 10.8. The topological polar surface area (TPSA) is 87.0 Å². The molecular weight excluding hydrogens is 356 g/mol. The molecule has 2 fully saturated rings. The third kappa shape index (κ3) is 5.17. The van der Waals surface area contributed by atoms with Gasteiger partial charge in [-0.15, -0.1) is 0 Å². The number of aliphatic hydroxyl groups excluding tert-OH is 2. The van der Waals surface area contributed by atoms with Gasteiger partial charge in [-0.2, -0.15) is 0 Å². The van der Waals surface area contributed by atoms with Crippen LogP contribution in [0, 0.1) is 22.7 Å². The molecule has 0 aromatic carbocycles. The summed E-state index contributed by atoms with van der Waals surface area (Å²) in [6, 6.07) is 0. The highest BCUT2D eigenvalue weighted by atomic mass is 16.5. The second-order valence-corrected chi connectivity index (χ2v) is 10.3. The fourth-order valence-electron chi connectivity index (χ4n) is 6.18. The van der Waals surface area contributed by atoms with Gasteiger partial charge < -0.3 is 20.1 Å². The largest absolute Gasteiger partial charge is 0.460 e. The van der Waals surface area contributed by atoms with Crippen LogP contribution in [0.2, 0.25) is 0 Å². The lowest BCUT2D eigenvalue weighted by Gasteiger charge is -2.61. The van der Waals surface area contributed by atoms with E-state index in [4.69, 9.17) is 9.84 Å². The van der Waals surface area contributed by atoms with Crippen molar-refractivity contribution < 1.29 is 24.9 Å². The molecule has 0 aliphatic heterocycles. The summed E-state index contributed by atoms with van der Waals surface area (Å²) >= 11 is 0. The van der Waals surface area contributed by atoms with Gasteiger partial charge in [-0.25, -0.2) is 4.79 Å². The average Bonchev–Trinajstić information content (AvgIpc) is 2.57. The molecule has 2 saturated carbocycles. The number of allylic oxidation sites excluding steroid dienone is 1. The Labute approximate surface area is 170 Å². The Bertz CT molecular complexity index is 580. The molecule has 0 amide bonds. The lowest BCUT2D eigenvalue weighted by molar-refractivity contribution is -0.168. The Morgan fingerprint density at radius 1 is 1.21 bits per heavy atom. The molecule has 0 saturated heterocycles. The van der Waals surface area contributed by atoms with Crippen LogP contribution in [-0.4, -0.2) is 46.2 Å². The summed E-state index contributed by atoms with van der Waals surface area (Å²) in [7, 11) is 0. The Morgan fingerprint density at radius 3 is 2.54 bits per heavy atom. The number of rotatable bonds is 7. The second-order valence-electron chi connectivity index (χ2n) is 10.3. The van der Waals surface area contributed by atoms with Crippen molar-refractivity contribution in [3.63, 3.8) is 0 Å². The van der Waals surface area contributed by atoms with E-state index in [0.717, 1.165) is 37.7 Å². The summed E-state index contributed by atoms with van der Waals surface area (Å²) in [5.74, 6) is 0.324. The van der Waals surface area contributed by atoms with Gasteiger partial charge in [0.2, 0.25) is 0 Å². The van der Waals surface area contributed by atoms with E-state index >= 15 is 0 Å². The third-order valence-electron chi connectivity index (χ3n) is 7.58.